The number of nitrogens with two attached hydrogens (primary N) is 1. The highest BCUT2D eigenvalue weighted by molar-refractivity contribution is 5.81. The van der Waals surface area contributed by atoms with Gasteiger partial charge in [-0.3, -0.25) is 4.79 Å². The molecule has 0 unspecified atom stereocenters. The molecule has 0 aromatic carbocycles. The van der Waals surface area contributed by atoms with Gasteiger partial charge in [0.25, 0.3) is 0 Å². The minimum atomic E-state index is -0.357. The van der Waals surface area contributed by atoms with Gasteiger partial charge in [0.1, 0.15) is 0 Å². The van der Waals surface area contributed by atoms with Crippen LogP contribution in [0, 0.1) is 0 Å². The third-order valence-electron chi connectivity index (χ3n) is 1.63. The maximum absolute atomic E-state index is 11.1. The van der Waals surface area contributed by atoms with Crippen LogP contribution in [0.4, 0.5) is 0 Å². The van der Waals surface area contributed by atoms with Crippen molar-refractivity contribution in [3.05, 3.63) is 12.7 Å². The first-order valence-electron chi connectivity index (χ1n) is 4.36. The van der Waals surface area contributed by atoms with Crippen LogP contribution in [0.2, 0.25) is 0 Å². The van der Waals surface area contributed by atoms with Gasteiger partial charge >= 0.3 is 0 Å². The summed E-state index contributed by atoms with van der Waals surface area (Å²) in [4.78, 5) is 11.1. The topological polar surface area (TPSA) is 55.1 Å². The predicted molar refractivity (Wildman–Crippen MR) is 50.7 cm³/mol. The summed E-state index contributed by atoms with van der Waals surface area (Å²) in [5, 5.41) is 2.66. The molecule has 0 bridgehead atoms. The number of rotatable bonds is 6. The Morgan fingerprint density at radius 1 is 1.75 bits per heavy atom. The molecule has 3 heteroatoms. The van der Waals surface area contributed by atoms with E-state index in [1.165, 1.54) is 0 Å². The molecule has 0 rings (SSSR count). The lowest BCUT2D eigenvalue weighted by atomic mass is 10.1. The third-order valence-corrected chi connectivity index (χ3v) is 1.63. The summed E-state index contributed by atoms with van der Waals surface area (Å²) in [7, 11) is 0. The second kappa shape index (κ2) is 6.85. The van der Waals surface area contributed by atoms with Gasteiger partial charge in [-0.25, -0.2) is 0 Å². The lowest BCUT2D eigenvalue weighted by Gasteiger charge is -2.09. The van der Waals surface area contributed by atoms with Crippen LogP contribution in [0.5, 0.6) is 0 Å². The van der Waals surface area contributed by atoms with Crippen LogP contribution in [0.15, 0.2) is 12.7 Å². The normalized spacial score (nSPS) is 12.2. The Bertz CT molecular complexity index is 145. The highest BCUT2D eigenvalue weighted by Gasteiger charge is 2.10. The number of unbranched alkanes of at least 4 members (excludes halogenated alkanes) is 1. The van der Waals surface area contributed by atoms with Gasteiger partial charge in [-0.15, -0.1) is 6.58 Å². The molecule has 1 atom stereocenters. The Kier molecular flexibility index (Phi) is 6.38. The zero-order valence-corrected chi connectivity index (χ0v) is 7.68. The van der Waals surface area contributed by atoms with E-state index in [0.29, 0.717) is 6.54 Å². The van der Waals surface area contributed by atoms with E-state index in [1.807, 2.05) is 0 Å². The molecule has 0 saturated carbocycles. The van der Waals surface area contributed by atoms with Crippen LogP contribution in [-0.2, 0) is 4.79 Å². The van der Waals surface area contributed by atoms with Crippen LogP contribution in [-0.4, -0.2) is 18.5 Å². The molecule has 0 aliphatic rings. The van der Waals surface area contributed by atoms with Gasteiger partial charge in [0.2, 0.25) is 5.91 Å². The van der Waals surface area contributed by atoms with Crippen molar-refractivity contribution < 1.29 is 4.79 Å². The van der Waals surface area contributed by atoms with E-state index in [9.17, 15) is 4.79 Å². The lowest BCUT2D eigenvalue weighted by Crippen LogP contribution is -2.40. The second-order valence-electron chi connectivity index (χ2n) is 2.78. The summed E-state index contributed by atoms with van der Waals surface area (Å²) in [5.74, 6) is -0.0802. The van der Waals surface area contributed by atoms with Crippen LogP contribution in [0.1, 0.15) is 26.2 Å². The molecule has 1 amide bonds. The number of nitrogens with one attached hydrogen (secondary N) is 1. The Morgan fingerprint density at radius 3 is 2.92 bits per heavy atom. The predicted octanol–water partition coefficient (Wildman–Crippen LogP) is 0.806. The molecule has 12 heavy (non-hydrogen) atoms. The first kappa shape index (κ1) is 11.2. The third kappa shape index (κ3) is 4.91. The molecule has 0 heterocycles. The summed E-state index contributed by atoms with van der Waals surface area (Å²) in [6.45, 7) is 6.08. The molecular weight excluding hydrogens is 152 g/mol. The van der Waals surface area contributed by atoms with Gasteiger partial charge in [0, 0.05) is 6.54 Å². The van der Waals surface area contributed by atoms with Gasteiger partial charge in [-0.2, -0.15) is 0 Å². The molecule has 0 aromatic rings. The molecule has 0 aliphatic carbocycles. The fraction of sp³-hybridized carbons (Fsp3) is 0.667. The number of carbonyl (C=O) groups excluding carboxylic acids is 1. The van der Waals surface area contributed by atoms with Crippen molar-refractivity contribution in [3.63, 3.8) is 0 Å². The molecule has 0 fully saturated rings. The highest BCUT2D eigenvalue weighted by Crippen LogP contribution is 1.97. The van der Waals surface area contributed by atoms with E-state index < -0.39 is 0 Å². The maximum Gasteiger partial charge on any atom is 0.237 e. The molecule has 0 radical (unpaired) electrons. The first-order chi connectivity index (χ1) is 5.72. The minimum absolute atomic E-state index is 0.0802. The molecule has 3 nitrogen and oxygen atoms in total. The maximum atomic E-state index is 11.1. The van der Waals surface area contributed by atoms with Gasteiger partial charge in [-0.1, -0.05) is 25.8 Å². The zero-order valence-electron chi connectivity index (χ0n) is 7.68. The fourth-order valence-electron chi connectivity index (χ4n) is 0.859. The Morgan fingerprint density at radius 2 is 2.42 bits per heavy atom. The summed E-state index contributed by atoms with van der Waals surface area (Å²) in [5.41, 5.74) is 5.60. The highest BCUT2D eigenvalue weighted by atomic mass is 16.2. The van der Waals surface area contributed by atoms with Gasteiger partial charge in [-0.05, 0) is 6.42 Å². The average Bonchev–Trinajstić information content (AvgIpc) is 2.10. The van der Waals surface area contributed by atoms with Gasteiger partial charge < -0.3 is 11.1 Å². The van der Waals surface area contributed by atoms with Crippen molar-refractivity contribution in [2.75, 3.05) is 6.54 Å². The van der Waals surface area contributed by atoms with E-state index in [-0.39, 0.29) is 11.9 Å². The fourth-order valence-corrected chi connectivity index (χ4v) is 0.859. The number of hydrogen-bond acceptors (Lipinski definition) is 2. The molecule has 70 valence electrons. The molecular formula is C9H18N2O. The SMILES string of the molecule is C=CCNC(=O)[C@@H](N)CCCC. The quantitative estimate of drug-likeness (QED) is 0.579. The van der Waals surface area contributed by atoms with Crippen molar-refractivity contribution in [3.8, 4) is 0 Å². The summed E-state index contributed by atoms with van der Waals surface area (Å²) in [6.07, 6.45) is 4.48. The van der Waals surface area contributed by atoms with E-state index in [0.717, 1.165) is 19.3 Å². The van der Waals surface area contributed by atoms with Gasteiger partial charge in [0.05, 0.1) is 6.04 Å². The Balaban J connectivity index is 3.53. The van der Waals surface area contributed by atoms with Crippen LogP contribution >= 0.6 is 0 Å². The summed E-state index contributed by atoms with van der Waals surface area (Å²) in [6, 6.07) is -0.357. The minimum Gasteiger partial charge on any atom is -0.351 e. The van der Waals surface area contributed by atoms with Gasteiger partial charge in [0.15, 0.2) is 0 Å². The second-order valence-corrected chi connectivity index (χ2v) is 2.78. The molecule has 0 aliphatic heterocycles. The van der Waals surface area contributed by atoms with Crippen molar-refractivity contribution in [1.29, 1.82) is 0 Å². The molecule has 0 saturated heterocycles. The molecule has 0 spiro atoms. The van der Waals surface area contributed by atoms with E-state index in [4.69, 9.17) is 5.73 Å². The smallest absolute Gasteiger partial charge is 0.237 e. The zero-order chi connectivity index (χ0) is 9.40. The molecule has 3 N–H and O–H groups in total. The number of hydrogen-bond donors (Lipinski definition) is 2. The van der Waals surface area contributed by atoms with E-state index in [1.54, 1.807) is 6.08 Å². The Hall–Kier alpha value is -0.830. The van der Waals surface area contributed by atoms with Crippen LogP contribution in [0.25, 0.3) is 0 Å². The largest absolute Gasteiger partial charge is 0.351 e. The van der Waals surface area contributed by atoms with Crippen LogP contribution in [0.3, 0.4) is 0 Å². The number of amides is 1. The standard InChI is InChI=1S/C9H18N2O/c1-3-5-6-8(10)9(12)11-7-4-2/h4,8H,2-3,5-7,10H2,1H3,(H,11,12)/t8-/m0/s1. The lowest BCUT2D eigenvalue weighted by molar-refractivity contribution is -0.122. The van der Waals surface area contributed by atoms with E-state index >= 15 is 0 Å². The van der Waals surface area contributed by atoms with Crippen molar-refractivity contribution >= 4 is 5.91 Å². The van der Waals surface area contributed by atoms with Crippen molar-refractivity contribution in [1.82, 2.24) is 5.32 Å². The summed E-state index contributed by atoms with van der Waals surface area (Å²) < 4.78 is 0. The van der Waals surface area contributed by atoms with Crippen LogP contribution < -0.4 is 11.1 Å². The van der Waals surface area contributed by atoms with Crippen molar-refractivity contribution in [2.24, 2.45) is 5.73 Å². The van der Waals surface area contributed by atoms with Crippen molar-refractivity contribution in [2.45, 2.75) is 32.2 Å². The first-order valence-corrected chi connectivity index (χ1v) is 4.36. The molecule has 0 aromatic heterocycles. The Labute approximate surface area is 74.0 Å². The monoisotopic (exact) mass is 170 g/mol. The number of carbonyl (C=O) groups is 1. The average molecular weight is 170 g/mol. The summed E-state index contributed by atoms with van der Waals surface area (Å²) >= 11 is 0. The van der Waals surface area contributed by atoms with E-state index in [2.05, 4.69) is 18.8 Å².